The zero-order valence-electron chi connectivity index (χ0n) is 18.8. The summed E-state index contributed by atoms with van der Waals surface area (Å²) in [4.78, 5) is 25.6. The van der Waals surface area contributed by atoms with Crippen LogP contribution in [-0.2, 0) is 11.3 Å². The first-order valence-corrected chi connectivity index (χ1v) is 10.4. The van der Waals surface area contributed by atoms with Crippen molar-refractivity contribution < 1.29 is 9.53 Å². The fourth-order valence-corrected chi connectivity index (χ4v) is 3.55. The van der Waals surface area contributed by atoms with Crippen LogP contribution in [0.3, 0.4) is 0 Å². The Morgan fingerprint density at radius 1 is 1.27 bits per heavy atom. The number of aryl methyl sites for hydroxylation is 2. The van der Waals surface area contributed by atoms with Crippen LogP contribution >= 0.6 is 0 Å². The minimum Gasteiger partial charge on any atom is -0.443 e. The van der Waals surface area contributed by atoms with E-state index < -0.39 is 11.7 Å². The molecule has 1 fully saturated rings. The van der Waals surface area contributed by atoms with E-state index in [-0.39, 0.29) is 6.54 Å². The number of rotatable bonds is 4. The Balaban J connectivity index is 1.87. The van der Waals surface area contributed by atoms with Gasteiger partial charge < -0.3 is 15.4 Å². The second-order valence-electron chi connectivity index (χ2n) is 9.02. The van der Waals surface area contributed by atoms with Crippen LogP contribution in [-0.4, -0.2) is 56.5 Å². The number of aromatic nitrogens is 4. The van der Waals surface area contributed by atoms with Crippen LogP contribution in [0.4, 0.5) is 16.3 Å². The monoisotopic (exact) mass is 415 g/mol. The molecular weight excluding hydrogens is 382 g/mol. The maximum absolute atomic E-state index is 13.0. The summed E-state index contributed by atoms with van der Waals surface area (Å²) in [5, 5.41) is 4.56. The van der Waals surface area contributed by atoms with E-state index in [1.165, 1.54) is 4.90 Å². The number of piperidine rings is 1. The molecule has 9 heteroatoms. The van der Waals surface area contributed by atoms with Gasteiger partial charge in [0.25, 0.3) is 0 Å². The van der Waals surface area contributed by atoms with Gasteiger partial charge in [-0.1, -0.05) is 0 Å². The van der Waals surface area contributed by atoms with E-state index in [1.807, 2.05) is 31.6 Å². The molecule has 2 aromatic rings. The van der Waals surface area contributed by atoms with E-state index >= 15 is 0 Å². The lowest BCUT2D eigenvalue weighted by Crippen LogP contribution is -2.37. The average Bonchev–Trinajstić information content (AvgIpc) is 3.10. The minimum absolute atomic E-state index is 0.266. The number of ether oxygens (including phenoxy) is 1. The van der Waals surface area contributed by atoms with E-state index in [4.69, 9.17) is 10.5 Å². The molecule has 0 unspecified atom stereocenters. The first-order chi connectivity index (χ1) is 14.0. The lowest BCUT2D eigenvalue weighted by molar-refractivity contribution is 0.0576. The molecule has 0 spiro atoms. The summed E-state index contributed by atoms with van der Waals surface area (Å²) in [7, 11) is 2.14. The lowest BCUT2D eigenvalue weighted by Gasteiger charge is -2.29. The number of anilines is 2. The van der Waals surface area contributed by atoms with Crippen LogP contribution in [0.1, 0.15) is 56.7 Å². The molecule has 1 saturated heterocycles. The number of amides is 1. The quantitative estimate of drug-likeness (QED) is 0.818. The van der Waals surface area contributed by atoms with Crippen molar-refractivity contribution in [2.45, 2.75) is 65.6 Å². The van der Waals surface area contributed by atoms with Crippen LogP contribution < -0.4 is 10.6 Å². The van der Waals surface area contributed by atoms with Gasteiger partial charge in [-0.2, -0.15) is 5.10 Å². The van der Waals surface area contributed by atoms with Crippen molar-refractivity contribution in [2.24, 2.45) is 0 Å². The van der Waals surface area contributed by atoms with Crippen molar-refractivity contribution in [3.63, 3.8) is 0 Å². The molecule has 9 nitrogen and oxygen atoms in total. The lowest BCUT2D eigenvalue weighted by atomic mass is 10.1. The smallest absolute Gasteiger partial charge is 0.416 e. The third kappa shape index (κ3) is 5.27. The van der Waals surface area contributed by atoms with Crippen molar-refractivity contribution in [3.05, 3.63) is 29.5 Å². The number of nitrogens with two attached hydrogens (primary N) is 1. The van der Waals surface area contributed by atoms with Gasteiger partial charge in [-0.3, -0.25) is 9.58 Å². The Bertz CT molecular complexity index is 895. The number of likely N-dealkylation sites (tertiary alicyclic amines) is 1. The summed E-state index contributed by atoms with van der Waals surface area (Å²) < 4.78 is 7.64. The molecule has 2 aromatic heterocycles. The molecule has 0 aromatic carbocycles. The van der Waals surface area contributed by atoms with Gasteiger partial charge in [-0.25, -0.2) is 14.8 Å². The van der Waals surface area contributed by atoms with E-state index in [2.05, 4.69) is 27.0 Å². The van der Waals surface area contributed by atoms with Crippen LogP contribution in [0, 0.1) is 13.8 Å². The molecule has 0 atom stereocenters. The van der Waals surface area contributed by atoms with E-state index in [0.717, 1.165) is 31.5 Å². The first-order valence-electron chi connectivity index (χ1n) is 10.4. The molecule has 30 heavy (non-hydrogen) atoms. The van der Waals surface area contributed by atoms with Gasteiger partial charge in [0.15, 0.2) is 5.82 Å². The Morgan fingerprint density at radius 3 is 2.57 bits per heavy atom. The number of carbonyl (C=O) groups excluding carboxylic acids is 1. The molecule has 164 valence electrons. The maximum atomic E-state index is 13.0. The fraction of sp³-hybridized carbons (Fsp3) is 0.619. The van der Waals surface area contributed by atoms with Gasteiger partial charge >= 0.3 is 6.09 Å². The Hall–Kier alpha value is -2.68. The zero-order chi connectivity index (χ0) is 22.1. The van der Waals surface area contributed by atoms with Gasteiger partial charge in [0.1, 0.15) is 11.4 Å². The molecule has 0 saturated carbocycles. The van der Waals surface area contributed by atoms with E-state index in [1.54, 1.807) is 20.0 Å². The first kappa shape index (κ1) is 22.0. The molecule has 1 aliphatic rings. The Kier molecular flexibility index (Phi) is 6.30. The van der Waals surface area contributed by atoms with Crippen LogP contribution in [0.5, 0.6) is 0 Å². The number of nitrogens with zero attached hydrogens (tertiary/aromatic N) is 6. The number of carbonyl (C=O) groups is 1. The van der Waals surface area contributed by atoms with Crippen LogP contribution in [0.15, 0.2) is 12.4 Å². The summed E-state index contributed by atoms with van der Waals surface area (Å²) in [6.45, 7) is 11.5. The largest absolute Gasteiger partial charge is 0.443 e. The van der Waals surface area contributed by atoms with Crippen LogP contribution in [0.25, 0.3) is 0 Å². The highest BCUT2D eigenvalue weighted by molar-refractivity contribution is 5.90. The molecule has 0 bridgehead atoms. The maximum Gasteiger partial charge on any atom is 0.416 e. The van der Waals surface area contributed by atoms with Gasteiger partial charge in [0.05, 0.1) is 30.2 Å². The van der Waals surface area contributed by atoms with E-state index in [0.29, 0.717) is 29.1 Å². The van der Waals surface area contributed by atoms with Crippen molar-refractivity contribution in [3.8, 4) is 0 Å². The highest BCUT2D eigenvalue weighted by Gasteiger charge is 2.28. The molecule has 0 radical (unpaired) electrons. The second-order valence-corrected chi connectivity index (χ2v) is 9.02. The van der Waals surface area contributed by atoms with Gasteiger partial charge in [-0.05, 0) is 67.6 Å². The van der Waals surface area contributed by atoms with Gasteiger partial charge in [-0.15, -0.1) is 0 Å². The summed E-state index contributed by atoms with van der Waals surface area (Å²) in [6, 6.07) is 0.374. The molecule has 1 aliphatic heterocycles. The topological polar surface area (TPSA) is 102 Å². The second kappa shape index (κ2) is 8.59. The third-order valence-corrected chi connectivity index (χ3v) is 5.16. The van der Waals surface area contributed by atoms with Crippen molar-refractivity contribution >= 4 is 17.6 Å². The number of hydrogen-bond acceptors (Lipinski definition) is 7. The van der Waals surface area contributed by atoms with Gasteiger partial charge in [0, 0.05) is 11.8 Å². The Morgan fingerprint density at radius 2 is 1.93 bits per heavy atom. The van der Waals surface area contributed by atoms with Crippen molar-refractivity contribution in [2.75, 3.05) is 30.8 Å². The standard InChI is InChI=1S/C21H33N7O2/c1-14-18(22)19(25-15(2)24-14)27(20(29)30-21(3,4)5)12-16-11-23-28(13-16)17-7-9-26(6)10-8-17/h11,13,17H,7-10,12,22H2,1-6H3. The SMILES string of the molecule is Cc1nc(C)c(N)c(N(Cc2cnn(C3CCN(C)CC3)c2)C(=O)OC(C)(C)C)n1. The zero-order valence-corrected chi connectivity index (χ0v) is 18.8. The number of hydrogen-bond donors (Lipinski definition) is 1. The van der Waals surface area contributed by atoms with Crippen molar-refractivity contribution in [1.29, 1.82) is 0 Å². The highest BCUT2D eigenvalue weighted by Crippen LogP contribution is 2.27. The third-order valence-electron chi connectivity index (χ3n) is 5.16. The predicted molar refractivity (Wildman–Crippen MR) is 116 cm³/mol. The molecule has 0 aliphatic carbocycles. The normalized spacial score (nSPS) is 15.9. The van der Waals surface area contributed by atoms with Crippen LogP contribution in [0.2, 0.25) is 0 Å². The summed E-state index contributed by atoms with van der Waals surface area (Å²) in [6.07, 6.45) is 5.42. The molecule has 2 N–H and O–H groups in total. The Labute approximate surface area is 178 Å². The van der Waals surface area contributed by atoms with Crippen molar-refractivity contribution in [1.82, 2.24) is 24.6 Å². The summed E-state index contributed by atoms with van der Waals surface area (Å²) in [5.74, 6) is 0.911. The van der Waals surface area contributed by atoms with Gasteiger partial charge in [0.2, 0.25) is 0 Å². The molecule has 1 amide bonds. The molecule has 3 heterocycles. The predicted octanol–water partition coefficient (Wildman–Crippen LogP) is 3.08. The molecular formula is C21H33N7O2. The molecule has 3 rings (SSSR count). The highest BCUT2D eigenvalue weighted by atomic mass is 16.6. The number of nitrogen functional groups attached to an aromatic ring is 1. The summed E-state index contributed by atoms with van der Waals surface area (Å²) in [5.41, 5.74) is 7.50. The fourth-order valence-electron chi connectivity index (χ4n) is 3.55. The summed E-state index contributed by atoms with van der Waals surface area (Å²) >= 11 is 0. The average molecular weight is 416 g/mol. The van der Waals surface area contributed by atoms with E-state index in [9.17, 15) is 4.79 Å². The minimum atomic E-state index is -0.639.